The Bertz CT molecular complexity index is 245. The van der Waals surface area contributed by atoms with Gasteiger partial charge in [0.1, 0.15) is 0 Å². The van der Waals surface area contributed by atoms with Gasteiger partial charge in [0.2, 0.25) is 0 Å². The van der Waals surface area contributed by atoms with Crippen LogP contribution < -0.4 is 5.32 Å². The summed E-state index contributed by atoms with van der Waals surface area (Å²) in [5.41, 5.74) is 0.252. The van der Waals surface area contributed by atoms with Crippen molar-refractivity contribution < 1.29 is 9.90 Å². The van der Waals surface area contributed by atoms with E-state index in [1.165, 1.54) is 17.4 Å². The Morgan fingerprint density at radius 1 is 1.75 bits per heavy atom. The number of amides is 1. The monoisotopic (exact) mass is 169 g/mol. The molecule has 1 aliphatic heterocycles. The average molecular weight is 169 g/mol. The maximum absolute atomic E-state index is 11.3. The number of nitrogens with one attached hydrogen (secondary N) is 1. The number of nitrogens with zero attached hydrogens (tertiary/aromatic N) is 2. The van der Waals surface area contributed by atoms with E-state index in [1.54, 1.807) is 14.1 Å². The van der Waals surface area contributed by atoms with E-state index in [-0.39, 0.29) is 11.5 Å². The molecular formula is C7H11N3O2. The van der Waals surface area contributed by atoms with Crippen molar-refractivity contribution in [2.45, 2.75) is 6.23 Å². The van der Waals surface area contributed by atoms with Crippen LogP contribution in [0.2, 0.25) is 0 Å². The third-order valence-electron chi connectivity index (χ3n) is 1.46. The fraction of sp³-hybridized carbons (Fsp3) is 0.429. The van der Waals surface area contributed by atoms with Crippen LogP contribution in [-0.2, 0) is 4.79 Å². The molecular weight excluding hydrogens is 158 g/mol. The third kappa shape index (κ3) is 1.62. The molecule has 0 fully saturated rings. The van der Waals surface area contributed by atoms with Crippen molar-refractivity contribution in [1.82, 2.24) is 10.2 Å². The summed E-state index contributed by atoms with van der Waals surface area (Å²) in [6.07, 6.45) is 1.75. The number of likely N-dealkylation sites (N-methyl/N-ethyl adjacent to an activating group) is 1. The molecule has 0 aromatic heterocycles. The van der Waals surface area contributed by atoms with Gasteiger partial charge in [-0.3, -0.25) is 4.79 Å². The van der Waals surface area contributed by atoms with Gasteiger partial charge in [0.25, 0.3) is 5.91 Å². The highest BCUT2D eigenvalue weighted by Crippen LogP contribution is 2.07. The minimum absolute atomic E-state index is 0.244. The molecule has 0 saturated carbocycles. The van der Waals surface area contributed by atoms with Gasteiger partial charge in [-0.25, -0.2) is 4.99 Å². The first-order valence-electron chi connectivity index (χ1n) is 3.50. The lowest BCUT2D eigenvalue weighted by Crippen LogP contribution is -2.32. The lowest BCUT2D eigenvalue weighted by Gasteiger charge is -2.17. The van der Waals surface area contributed by atoms with E-state index in [9.17, 15) is 9.90 Å². The van der Waals surface area contributed by atoms with Crippen molar-refractivity contribution in [3.05, 3.63) is 11.8 Å². The van der Waals surface area contributed by atoms with Gasteiger partial charge in [0.05, 0.1) is 11.9 Å². The van der Waals surface area contributed by atoms with E-state index < -0.39 is 6.23 Å². The third-order valence-corrected chi connectivity index (χ3v) is 1.46. The van der Waals surface area contributed by atoms with Gasteiger partial charge in [0, 0.05) is 20.3 Å². The summed E-state index contributed by atoms with van der Waals surface area (Å²) in [6, 6.07) is 0. The van der Waals surface area contributed by atoms with E-state index in [0.29, 0.717) is 0 Å². The van der Waals surface area contributed by atoms with Crippen LogP contribution in [0.4, 0.5) is 0 Å². The summed E-state index contributed by atoms with van der Waals surface area (Å²) in [5, 5.41) is 11.9. The number of hydrogen-bond donors (Lipinski definition) is 2. The molecule has 2 N–H and O–H groups in total. The zero-order valence-electron chi connectivity index (χ0n) is 6.98. The number of hydrogen-bond acceptors (Lipinski definition) is 4. The number of rotatable bonds is 1. The van der Waals surface area contributed by atoms with Crippen LogP contribution in [0.15, 0.2) is 16.8 Å². The second-order valence-corrected chi connectivity index (χ2v) is 2.62. The highest BCUT2D eigenvalue weighted by atomic mass is 16.3. The van der Waals surface area contributed by atoms with Gasteiger partial charge in [-0.2, -0.15) is 0 Å². The highest BCUT2D eigenvalue weighted by Gasteiger charge is 2.20. The SMILES string of the molecule is CN(C)C(=O)C1=CNC=NC1O. The Kier molecular flexibility index (Phi) is 2.44. The van der Waals surface area contributed by atoms with E-state index >= 15 is 0 Å². The zero-order valence-corrected chi connectivity index (χ0v) is 6.98. The molecule has 0 aromatic rings. The largest absolute Gasteiger partial charge is 0.368 e. The van der Waals surface area contributed by atoms with Crippen molar-refractivity contribution in [3.8, 4) is 0 Å². The summed E-state index contributed by atoms with van der Waals surface area (Å²) in [6.45, 7) is 0. The Labute approximate surface area is 70.4 Å². The van der Waals surface area contributed by atoms with E-state index in [2.05, 4.69) is 10.3 Å². The molecule has 5 nitrogen and oxygen atoms in total. The average Bonchev–Trinajstić information content (AvgIpc) is 2.04. The normalized spacial score (nSPS) is 21.2. The molecule has 1 aliphatic rings. The molecule has 66 valence electrons. The molecule has 5 heteroatoms. The maximum atomic E-state index is 11.3. The molecule has 1 amide bonds. The van der Waals surface area contributed by atoms with Crippen molar-refractivity contribution in [1.29, 1.82) is 0 Å². The van der Waals surface area contributed by atoms with Crippen LogP contribution in [0.25, 0.3) is 0 Å². The minimum Gasteiger partial charge on any atom is -0.368 e. The highest BCUT2D eigenvalue weighted by molar-refractivity contribution is 5.94. The molecule has 1 unspecified atom stereocenters. The number of aliphatic hydroxyl groups is 1. The second kappa shape index (κ2) is 3.36. The molecule has 0 spiro atoms. The zero-order chi connectivity index (χ0) is 9.14. The van der Waals surface area contributed by atoms with Crippen LogP contribution in [0.1, 0.15) is 0 Å². The maximum Gasteiger partial charge on any atom is 0.255 e. The number of carbonyl (C=O) groups excluding carboxylic acids is 1. The first-order valence-corrected chi connectivity index (χ1v) is 3.50. The predicted octanol–water partition coefficient (Wildman–Crippen LogP) is -1.09. The fourth-order valence-electron chi connectivity index (χ4n) is 0.826. The van der Waals surface area contributed by atoms with E-state index in [1.807, 2.05) is 0 Å². The van der Waals surface area contributed by atoms with Gasteiger partial charge in [-0.1, -0.05) is 0 Å². The topological polar surface area (TPSA) is 64.9 Å². The molecule has 0 saturated heterocycles. The summed E-state index contributed by atoms with van der Waals surface area (Å²) in [7, 11) is 3.24. The summed E-state index contributed by atoms with van der Waals surface area (Å²) in [4.78, 5) is 16.3. The van der Waals surface area contributed by atoms with Crippen molar-refractivity contribution in [3.63, 3.8) is 0 Å². The Morgan fingerprint density at radius 3 is 2.92 bits per heavy atom. The van der Waals surface area contributed by atoms with Crippen LogP contribution in [0.5, 0.6) is 0 Å². The lowest BCUT2D eigenvalue weighted by molar-refractivity contribution is -0.125. The quantitative estimate of drug-likeness (QED) is 0.524. The van der Waals surface area contributed by atoms with Gasteiger partial charge in [-0.05, 0) is 0 Å². The molecule has 1 heterocycles. The van der Waals surface area contributed by atoms with Crippen molar-refractivity contribution >= 4 is 12.2 Å². The van der Waals surface area contributed by atoms with Crippen LogP contribution >= 0.6 is 0 Å². The Hall–Kier alpha value is -1.36. The molecule has 0 aromatic carbocycles. The summed E-state index contributed by atoms with van der Waals surface area (Å²) >= 11 is 0. The van der Waals surface area contributed by atoms with Crippen molar-refractivity contribution in [2.75, 3.05) is 14.1 Å². The molecule has 0 aliphatic carbocycles. The van der Waals surface area contributed by atoms with Gasteiger partial charge in [-0.15, -0.1) is 0 Å². The number of aliphatic hydroxyl groups excluding tert-OH is 1. The molecule has 0 radical (unpaired) electrons. The van der Waals surface area contributed by atoms with Gasteiger partial charge in [0.15, 0.2) is 6.23 Å². The first kappa shape index (κ1) is 8.73. The summed E-state index contributed by atoms with van der Waals surface area (Å²) in [5.74, 6) is -0.244. The smallest absolute Gasteiger partial charge is 0.255 e. The van der Waals surface area contributed by atoms with Gasteiger partial charge >= 0.3 is 0 Å². The van der Waals surface area contributed by atoms with E-state index in [4.69, 9.17) is 0 Å². The van der Waals surface area contributed by atoms with Crippen LogP contribution in [-0.4, -0.2) is 42.6 Å². The molecule has 12 heavy (non-hydrogen) atoms. The molecule has 0 bridgehead atoms. The standard InChI is InChI=1S/C7H11N3O2/c1-10(2)7(12)5-3-8-4-9-6(5)11/h3-4,6,11H,1-2H3,(H,8,9). The van der Waals surface area contributed by atoms with Crippen LogP contribution in [0.3, 0.4) is 0 Å². The molecule has 1 atom stereocenters. The minimum atomic E-state index is -1.04. The fourth-order valence-corrected chi connectivity index (χ4v) is 0.826. The van der Waals surface area contributed by atoms with Crippen LogP contribution in [0, 0.1) is 0 Å². The Morgan fingerprint density at radius 2 is 2.42 bits per heavy atom. The summed E-state index contributed by atoms with van der Waals surface area (Å²) < 4.78 is 0. The first-order chi connectivity index (χ1) is 5.63. The van der Waals surface area contributed by atoms with E-state index in [0.717, 1.165) is 0 Å². The molecule has 1 rings (SSSR count). The van der Waals surface area contributed by atoms with Crippen molar-refractivity contribution in [2.24, 2.45) is 4.99 Å². The Balaban J connectivity index is 2.75. The number of carbonyl (C=O) groups is 1. The second-order valence-electron chi connectivity index (χ2n) is 2.62. The predicted molar refractivity (Wildman–Crippen MR) is 44.4 cm³/mol. The van der Waals surface area contributed by atoms with Gasteiger partial charge < -0.3 is 15.3 Å². The number of aliphatic imine (C=N–C) groups is 1. The lowest BCUT2D eigenvalue weighted by atomic mass is 10.2.